The Labute approximate surface area is 194 Å². The van der Waals surface area contributed by atoms with Crippen LogP contribution in [0.15, 0.2) is 77.7 Å². The molecule has 4 rings (SSSR count). The highest BCUT2D eigenvalue weighted by atomic mass is 32.2. The van der Waals surface area contributed by atoms with E-state index < -0.39 is 10.0 Å². The third kappa shape index (κ3) is 5.28. The van der Waals surface area contributed by atoms with Crippen LogP contribution in [0.3, 0.4) is 0 Å². The monoisotopic (exact) mass is 466 g/mol. The number of nitrogens with zero attached hydrogens (tertiary/aromatic N) is 1. The van der Waals surface area contributed by atoms with Crippen LogP contribution >= 0.6 is 0 Å². The van der Waals surface area contributed by atoms with Gasteiger partial charge in [0.25, 0.3) is 15.9 Å². The molecule has 0 saturated heterocycles. The largest absolute Gasteiger partial charge is 0.494 e. The van der Waals surface area contributed by atoms with E-state index in [0.29, 0.717) is 30.3 Å². The van der Waals surface area contributed by atoms with Gasteiger partial charge in [0.1, 0.15) is 11.5 Å². The predicted molar refractivity (Wildman–Crippen MR) is 127 cm³/mol. The molecule has 0 aromatic heterocycles. The molecule has 0 atom stereocenters. The average Bonchev–Trinajstić information content (AvgIpc) is 2.84. The Morgan fingerprint density at radius 2 is 1.67 bits per heavy atom. The standard InChI is InChI=1S/C25H26N2O5S/c1-2-31-21-12-14-22(15-13-21)32-18-25(28)26-20-11-10-19-7-6-16-27(24(19)17-20)33(29,30)23-8-4-3-5-9-23/h3-5,8-15,17H,2,6-7,16,18H2,1H3,(H,26,28). The summed E-state index contributed by atoms with van der Waals surface area (Å²) >= 11 is 0. The number of sulfonamides is 1. The topological polar surface area (TPSA) is 84.9 Å². The van der Waals surface area contributed by atoms with E-state index in [2.05, 4.69) is 5.32 Å². The zero-order chi connectivity index (χ0) is 23.3. The second-order valence-corrected chi connectivity index (χ2v) is 9.44. The fraction of sp³-hybridized carbons (Fsp3) is 0.240. The summed E-state index contributed by atoms with van der Waals surface area (Å²) in [7, 11) is -3.69. The van der Waals surface area contributed by atoms with Gasteiger partial charge in [-0.05, 0) is 73.9 Å². The number of aryl methyl sites for hydroxylation is 1. The minimum absolute atomic E-state index is 0.170. The number of hydrogen-bond donors (Lipinski definition) is 1. The molecule has 0 fully saturated rings. The molecule has 1 heterocycles. The summed E-state index contributed by atoms with van der Waals surface area (Å²) < 4.78 is 38.8. The third-order valence-corrected chi connectivity index (χ3v) is 7.11. The first-order valence-corrected chi connectivity index (χ1v) is 12.3. The summed E-state index contributed by atoms with van der Waals surface area (Å²) in [6.07, 6.45) is 1.52. The van der Waals surface area contributed by atoms with E-state index in [1.807, 2.05) is 13.0 Å². The Balaban J connectivity index is 1.46. The van der Waals surface area contributed by atoms with Crippen molar-refractivity contribution in [2.75, 3.05) is 29.4 Å². The Morgan fingerprint density at radius 3 is 2.36 bits per heavy atom. The van der Waals surface area contributed by atoms with Gasteiger partial charge in [0.15, 0.2) is 6.61 Å². The number of anilines is 2. The van der Waals surface area contributed by atoms with Gasteiger partial charge in [-0.3, -0.25) is 9.10 Å². The molecule has 7 nitrogen and oxygen atoms in total. The van der Waals surface area contributed by atoms with Crippen molar-refractivity contribution in [1.29, 1.82) is 0 Å². The summed E-state index contributed by atoms with van der Waals surface area (Å²) in [5.74, 6) is 0.953. The molecule has 0 spiro atoms. The lowest BCUT2D eigenvalue weighted by atomic mass is 10.0. The Bertz CT molecular complexity index is 1210. The SMILES string of the molecule is CCOc1ccc(OCC(=O)Nc2ccc3c(c2)N(S(=O)(=O)c2ccccc2)CCC3)cc1. The van der Waals surface area contributed by atoms with E-state index >= 15 is 0 Å². The van der Waals surface area contributed by atoms with E-state index in [0.717, 1.165) is 24.2 Å². The number of carbonyl (C=O) groups excluding carboxylic acids is 1. The molecule has 1 N–H and O–H groups in total. The van der Waals surface area contributed by atoms with Gasteiger partial charge in [-0.25, -0.2) is 8.42 Å². The highest BCUT2D eigenvalue weighted by Crippen LogP contribution is 2.34. The predicted octanol–water partition coefficient (Wildman–Crippen LogP) is 4.24. The lowest BCUT2D eigenvalue weighted by molar-refractivity contribution is -0.118. The number of rotatable bonds is 8. The van der Waals surface area contributed by atoms with Gasteiger partial charge in [-0.15, -0.1) is 0 Å². The molecule has 3 aromatic carbocycles. The van der Waals surface area contributed by atoms with Crippen molar-refractivity contribution in [3.63, 3.8) is 0 Å². The summed E-state index contributed by atoms with van der Waals surface area (Å²) in [6.45, 7) is 2.71. The Kier molecular flexibility index (Phi) is 6.84. The first-order valence-electron chi connectivity index (χ1n) is 10.8. The van der Waals surface area contributed by atoms with Gasteiger partial charge < -0.3 is 14.8 Å². The molecule has 3 aromatic rings. The molecule has 0 radical (unpaired) electrons. The molecule has 0 bridgehead atoms. The first-order chi connectivity index (χ1) is 16.0. The third-order valence-electron chi connectivity index (χ3n) is 5.28. The van der Waals surface area contributed by atoms with Crippen LogP contribution in [0.1, 0.15) is 18.9 Å². The average molecular weight is 467 g/mol. The lowest BCUT2D eigenvalue weighted by Gasteiger charge is -2.31. The highest BCUT2D eigenvalue weighted by molar-refractivity contribution is 7.92. The molecule has 172 valence electrons. The molecule has 1 aliphatic heterocycles. The van der Waals surface area contributed by atoms with Crippen molar-refractivity contribution in [3.05, 3.63) is 78.4 Å². The number of benzene rings is 3. The zero-order valence-electron chi connectivity index (χ0n) is 18.4. The van der Waals surface area contributed by atoms with Gasteiger partial charge in [-0.1, -0.05) is 24.3 Å². The zero-order valence-corrected chi connectivity index (χ0v) is 19.2. The second-order valence-electron chi connectivity index (χ2n) is 7.58. The first kappa shape index (κ1) is 22.7. The molecular weight excluding hydrogens is 440 g/mol. The summed E-state index contributed by atoms with van der Waals surface area (Å²) in [6, 6.07) is 20.8. The van der Waals surface area contributed by atoms with Crippen molar-refractivity contribution in [3.8, 4) is 11.5 Å². The van der Waals surface area contributed by atoms with E-state index in [1.165, 1.54) is 4.31 Å². The van der Waals surface area contributed by atoms with Gasteiger partial charge >= 0.3 is 0 Å². The van der Waals surface area contributed by atoms with Crippen LogP contribution in [0.5, 0.6) is 11.5 Å². The fourth-order valence-corrected chi connectivity index (χ4v) is 5.29. The van der Waals surface area contributed by atoms with Crippen molar-refractivity contribution in [2.45, 2.75) is 24.7 Å². The van der Waals surface area contributed by atoms with Gasteiger partial charge in [0.05, 0.1) is 17.2 Å². The van der Waals surface area contributed by atoms with Crippen LogP contribution in [0.25, 0.3) is 0 Å². The fourth-order valence-electron chi connectivity index (χ4n) is 3.73. The van der Waals surface area contributed by atoms with Crippen molar-refractivity contribution in [2.24, 2.45) is 0 Å². The van der Waals surface area contributed by atoms with Crippen molar-refractivity contribution < 1.29 is 22.7 Å². The molecule has 1 amide bonds. The normalized spacial score (nSPS) is 13.2. The maximum Gasteiger partial charge on any atom is 0.264 e. The van der Waals surface area contributed by atoms with Crippen molar-refractivity contribution >= 4 is 27.3 Å². The lowest BCUT2D eigenvalue weighted by Crippen LogP contribution is -2.35. The van der Waals surface area contributed by atoms with Crippen LogP contribution in [0.4, 0.5) is 11.4 Å². The minimum atomic E-state index is -3.69. The van der Waals surface area contributed by atoms with Crippen LogP contribution in [0.2, 0.25) is 0 Å². The molecule has 1 aliphatic rings. The van der Waals surface area contributed by atoms with Gasteiger partial charge in [-0.2, -0.15) is 0 Å². The molecular formula is C25H26N2O5S. The van der Waals surface area contributed by atoms with E-state index in [4.69, 9.17) is 9.47 Å². The van der Waals surface area contributed by atoms with Crippen LogP contribution in [0, 0.1) is 0 Å². The number of amides is 1. The summed E-state index contributed by atoms with van der Waals surface area (Å²) in [5, 5.41) is 2.80. The number of carbonyl (C=O) groups is 1. The summed E-state index contributed by atoms with van der Waals surface area (Å²) in [5.41, 5.74) is 2.05. The smallest absolute Gasteiger partial charge is 0.264 e. The van der Waals surface area contributed by atoms with Gasteiger partial charge in [0, 0.05) is 12.2 Å². The summed E-state index contributed by atoms with van der Waals surface area (Å²) in [4.78, 5) is 12.7. The maximum absolute atomic E-state index is 13.2. The molecule has 0 aliphatic carbocycles. The number of fused-ring (bicyclic) bond motifs is 1. The minimum Gasteiger partial charge on any atom is -0.494 e. The quantitative estimate of drug-likeness (QED) is 0.537. The van der Waals surface area contributed by atoms with Crippen LogP contribution in [-0.4, -0.2) is 34.1 Å². The Hall–Kier alpha value is -3.52. The number of nitrogens with one attached hydrogen (secondary N) is 1. The second kappa shape index (κ2) is 9.95. The molecule has 33 heavy (non-hydrogen) atoms. The molecule has 0 saturated carbocycles. The van der Waals surface area contributed by atoms with E-state index in [9.17, 15) is 13.2 Å². The number of hydrogen-bond acceptors (Lipinski definition) is 5. The van der Waals surface area contributed by atoms with Crippen LogP contribution < -0.4 is 19.1 Å². The highest BCUT2D eigenvalue weighted by Gasteiger charge is 2.29. The van der Waals surface area contributed by atoms with Crippen molar-refractivity contribution in [1.82, 2.24) is 0 Å². The van der Waals surface area contributed by atoms with E-state index in [1.54, 1.807) is 66.7 Å². The molecule has 8 heteroatoms. The maximum atomic E-state index is 13.2. The molecule has 0 unspecified atom stereocenters. The Morgan fingerprint density at radius 1 is 0.970 bits per heavy atom. The van der Waals surface area contributed by atoms with E-state index in [-0.39, 0.29) is 17.4 Å². The number of ether oxygens (including phenoxy) is 2. The van der Waals surface area contributed by atoms with Gasteiger partial charge in [0.2, 0.25) is 0 Å². The van der Waals surface area contributed by atoms with Crippen LogP contribution in [-0.2, 0) is 21.2 Å².